The summed E-state index contributed by atoms with van der Waals surface area (Å²) in [5, 5.41) is 2.96. The van der Waals surface area contributed by atoms with Crippen molar-refractivity contribution in [2.75, 3.05) is 50.1 Å². The quantitative estimate of drug-likeness (QED) is 0.672. The summed E-state index contributed by atoms with van der Waals surface area (Å²) in [4.78, 5) is 16.8. The van der Waals surface area contributed by atoms with Crippen molar-refractivity contribution in [1.29, 1.82) is 0 Å². The molecular formula is C21H26BrN3O2. The molecular weight excluding hydrogens is 406 g/mol. The standard InChI is InChI=1S/C21H26BrN3O2/c1-24-12-14-25(15-13-24)19-8-6-18(7-9-19)23-21(26)3-2-16-27-20-10-4-17(22)5-11-20/h4-11H,2-3,12-16H2,1H3,(H,23,26). The number of hydrogen-bond donors (Lipinski definition) is 1. The van der Waals surface area contributed by atoms with Crippen molar-refractivity contribution in [3.8, 4) is 5.75 Å². The van der Waals surface area contributed by atoms with Crippen LogP contribution < -0.4 is 15.0 Å². The molecule has 1 saturated heterocycles. The second kappa shape index (κ2) is 9.76. The lowest BCUT2D eigenvalue weighted by atomic mass is 10.2. The minimum atomic E-state index is 0.0155. The first-order valence-electron chi connectivity index (χ1n) is 9.32. The Morgan fingerprint density at radius 3 is 2.37 bits per heavy atom. The summed E-state index contributed by atoms with van der Waals surface area (Å²) in [5.74, 6) is 0.833. The lowest BCUT2D eigenvalue weighted by Crippen LogP contribution is -2.44. The van der Waals surface area contributed by atoms with Gasteiger partial charge in [0, 0.05) is 48.4 Å². The first kappa shape index (κ1) is 19.7. The zero-order chi connectivity index (χ0) is 19.1. The molecule has 0 atom stereocenters. The molecule has 27 heavy (non-hydrogen) atoms. The van der Waals surface area contributed by atoms with Crippen LogP contribution >= 0.6 is 15.9 Å². The molecule has 1 aliphatic heterocycles. The first-order chi connectivity index (χ1) is 13.1. The average Bonchev–Trinajstić information content (AvgIpc) is 2.68. The van der Waals surface area contributed by atoms with Gasteiger partial charge in [-0.25, -0.2) is 0 Å². The topological polar surface area (TPSA) is 44.8 Å². The fourth-order valence-corrected chi connectivity index (χ4v) is 3.26. The smallest absolute Gasteiger partial charge is 0.224 e. The van der Waals surface area contributed by atoms with E-state index in [0.717, 1.165) is 42.1 Å². The molecule has 6 heteroatoms. The molecule has 1 N–H and O–H groups in total. The van der Waals surface area contributed by atoms with Crippen LogP contribution in [0.25, 0.3) is 0 Å². The Kier molecular flexibility index (Phi) is 7.12. The first-order valence-corrected chi connectivity index (χ1v) is 10.1. The van der Waals surface area contributed by atoms with Crippen molar-refractivity contribution in [1.82, 2.24) is 4.90 Å². The number of rotatable bonds is 7. The van der Waals surface area contributed by atoms with E-state index in [2.05, 4.69) is 50.2 Å². The van der Waals surface area contributed by atoms with Gasteiger partial charge in [-0.15, -0.1) is 0 Å². The number of halogens is 1. The third-order valence-corrected chi connectivity index (χ3v) is 5.18. The Morgan fingerprint density at radius 2 is 1.70 bits per heavy atom. The Morgan fingerprint density at radius 1 is 1.04 bits per heavy atom. The maximum atomic E-state index is 12.1. The monoisotopic (exact) mass is 431 g/mol. The highest BCUT2D eigenvalue weighted by atomic mass is 79.9. The highest BCUT2D eigenvalue weighted by Crippen LogP contribution is 2.20. The fourth-order valence-electron chi connectivity index (χ4n) is 3.00. The predicted molar refractivity (Wildman–Crippen MR) is 114 cm³/mol. The van der Waals surface area contributed by atoms with Crippen molar-refractivity contribution in [3.63, 3.8) is 0 Å². The maximum absolute atomic E-state index is 12.1. The van der Waals surface area contributed by atoms with Gasteiger partial charge >= 0.3 is 0 Å². The van der Waals surface area contributed by atoms with Crippen molar-refractivity contribution in [2.45, 2.75) is 12.8 Å². The van der Waals surface area contributed by atoms with Gasteiger partial charge in [0.15, 0.2) is 0 Å². The summed E-state index contributed by atoms with van der Waals surface area (Å²) in [7, 11) is 2.15. The summed E-state index contributed by atoms with van der Waals surface area (Å²) in [6.45, 7) is 4.78. The van der Waals surface area contributed by atoms with E-state index in [1.807, 2.05) is 36.4 Å². The molecule has 1 amide bonds. The number of anilines is 2. The zero-order valence-electron chi connectivity index (χ0n) is 15.7. The summed E-state index contributed by atoms with van der Waals surface area (Å²) in [5.41, 5.74) is 2.05. The number of ether oxygens (including phenoxy) is 1. The number of amides is 1. The summed E-state index contributed by atoms with van der Waals surface area (Å²) in [6.07, 6.45) is 1.12. The van der Waals surface area contributed by atoms with Crippen LogP contribution in [-0.2, 0) is 4.79 Å². The minimum Gasteiger partial charge on any atom is -0.494 e. The Hall–Kier alpha value is -2.05. The highest BCUT2D eigenvalue weighted by molar-refractivity contribution is 9.10. The van der Waals surface area contributed by atoms with Crippen LogP contribution in [0, 0.1) is 0 Å². The number of nitrogens with zero attached hydrogens (tertiary/aromatic N) is 2. The average molecular weight is 432 g/mol. The van der Waals surface area contributed by atoms with Gasteiger partial charge in [0.05, 0.1) is 6.61 Å². The molecule has 2 aromatic rings. The molecule has 0 radical (unpaired) electrons. The van der Waals surface area contributed by atoms with E-state index in [1.54, 1.807) is 0 Å². The molecule has 0 unspecified atom stereocenters. The van der Waals surface area contributed by atoms with Crippen LogP contribution in [0.15, 0.2) is 53.0 Å². The summed E-state index contributed by atoms with van der Waals surface area (Å²) in [6, 6.07) is 15.8. The van der Waals surface area contributed by atoms with Crippen LogP contribution in [0.3, 0.4) is 0 Å². The highest BCUT2D eigenvalue weighted by Gasteiger charge is 2.14. The predicted octanol–water partition coefficient (Wildman–Crippen LogP) is 4.00. The van der Waals surface area contributed by atoms with Gasteiger partial charge in [0.2, 0.25) is 5.91 Å². The van der Waals surface area contributed by atoms with Crippen LogP contribution in [0.1, 0.15) is 12.8 Å². The molecule has 0 aromatic heterocycles. The van der Waals surface area contributed by atoms with Gasteiger partial charge < -0.3 is 19.9 Å². The fraction of sp³-hybridized carbons (Fsp3) is 0.381. The minimum absolute atomic E-state index is 0.0155. The van der Waals surface area contributed by atoms with E-state index in [4.69, 9.17) is 4.74 Å². The third-order valence-electron chi connectivity index (χ3n) is 4.65. The molecule has 5 nitrogen and oxygen atoms in total. The van der Waals surface area contributed by atoms with Gasteiger partial charge in [-0.1, -0.05) is 15.9 Å². The van der Waals surface area contributed by atoms with Crippen molar-refractivity contribution in [3.05, 3.63) is 53.0 Å². The number of carbonyl (C=O) groups excluding carboxylic acids is 1. The van der Waals surface area contributed by atoms with E-state index in [-0.39, 0.29) is 5.91 Å². The van der Waals surface area contributed by atoms with Crippen molar-refractivity contribution < 1.29 is 9.53 Å². The van der Waals surface area contributed by atoms with E-state index in [1.165, 1.54) is 5.69 Å². The zero-order valence-corrected chi connectivity index (χ0v) is 17.2. The number of piperazine rings is 1. The molecule has 2 aromatic carbocycles. The molecule has 3 rings (SSSR count). The Bertz CT molecular complexity index is 726. The van der Waals surface area contributed by atoms with Crippen LogP contribution in [-0.4, -0.2) is 50.6 Å². The number of hydrogen-bond acceptors (Lipinski definition) is 4. The van der Waals surface area contributed by atoms with Crippen LogP contribution in [0.2, 0.25) is 0 Å². The van der Waals surface area contributed by atoms with Gasteiger partial charge in [-0.3, -0.25) is 4.79 Å². The molecule has 144 valence electrons. The molecule has 0 saturated carbocycles. The second-order valence-electron chi connectivity index (χ2n) is 6.79. The number of carbonyl (C=O) groups is 1. The molecule has 1 aliphatic rings. The van der Waals surface area contributed by atoms with Crippen LogP contribution in [0.4, 0.5) is 11.4 Å². The molecule has 0 spiro atoms. The number of likely N-dealkylation sites (N-methyl/N-ethyl adjacent to an activating group) is 1. The molecule has 1 heterocycles. The van der Waals surface area contributed by atoms with Gasteiger partial charge in [0.25, 0.3) is 0 Å². The molecule has 0 aliphatic carbocycles. The summed E-state index contributed by atoms with van der Waals surface area (Å²) < 4.78 is 6.66. The van der Waals surface area contributed by atoms with Crippen LogP contribution in [0.5, 0.6) is 5.75 Å². The lowest BCUT2D eigenvalue weighted by Gasteiger charge is -2.34. The van der Waals surface area contributed by atoms with E-state index in [0.29, 0.717) is 19.4 Å². The SMILES string of the molecule is CN1CCN(c2ccc(NC(=O)CCCOc3ccc(Br)cc3)cc2)CC1. The van der Waals surface area contributed by atoms with Crippen molar-refractivity contribution >= 4 is 33.2 Å². The Labute approximate surface area is 169 Å². The third kappa shape index (κ3) is 6.26. The maximum Gasteiger partial charge on any atom is 0.224 e. The number of nitrogens with one attached hydrogen (secondary N) is 1. The van der Waals surface area contributed by atoms with Gasteiger partial charge in [0.1, 0.15) is 5.75 Å². The largest absolute Gasteiger partial charge is 0.494 e. The van der Waals surface area contributed by atoms with E-state index >= 15 is 0 Å². The summed E-state index contributed by atoms with van der Waals surface area (Å²) >= 11 is 3.39. The van der Waals surface area contributed by atoms with Crippen molar-refractivity contribution in [2.24, 2.45) is 0 Å². The van der Waals surface area contributed by atoms with Gasteiger partial charge in [-0.2, -0.15) is 0 Å². The normalized spacial score (nSPS) is 14.8. The second-order valence-corrected chi connectivity index (χ2v) is 7.71. The van der Waals surface area contributed by atoms with E-state index < -0.39 is 0 Å². The lowest BCUT2D eigenvalue weighted by molar-refractivity contribution is -0.116. The molecule has 1 fully saturated rings. The Balaban J connectivity index is 1.38. The molecule has 0 bridgehead atoms. The number of benzene rings is 2. The van der Waals surface area contributed by atoms with Gasteiger partial charge in [-0.05, 0) is 62.0 Å². The van der Waals surface area contributed by atoms with E-state index in [9.17, 15) is 4.79 Å².